The summed E-state index contributed by atoms with van der Waals surface area (Å²) < 4.78 is 74.0. The van der Waals surface area contributed by atoms with E-state index in [1.165, 1.54) is 0 Å². The molecule has 6 aromatic carbocycles. The smallest absolute Gasteiger partial charge is 0.251 e. The number of methoxy groups -OCH3 is 3. The van der Waals surface area contributed by atoms with Crippen LogP contribution in [0.4, 0.5) is 34.9 Å². The highest BCUT2D eigenvalue weighted by molar-refractivity contribution is 6.03. The molecule has 9 N–H and O–H groups in total. The molecule has 15 aromatic rings. The number of H-pyrrole nitrogens is 3. The molecule has 121 heavy (non-hydrogen) atoms. The van der Waals surface area contributed by atoms with Gasteiger partial charge in [0.25, 0.3) is 17.7 Å². The lowest BCUT2D eigenvalue weighted by molar-refractivity contribution is -0.00347. The third-order valence-electron chi connectivity index (χ3n) is 20.6. The summed E-state index contributed by atoms with van der Waals surface area (Å²) in [5.41, 5.74) is 14.6. The summed E-state index contributed by atoms with van der Waals surface area (Å²) >= 11 is 0. The van der Waals surface area contributed by atoms with E-state index in [0.717, 1.165) is 91.8 Å². The van der Waals surface area contributed by atoms with Crippen LogP contribution in [-0.4, -0.2) is 188 Å². The molecule has 5 aliphatic rings. The molecule has 0 atom stereocenters. The van der Waals surface area contributed by atoms with Gasteiger partial charge in [-0.3, -0.25) is 14.4 Å². The Morgan fingerprint density at radius 1 is 0.397 bits per heavy atom. The van der Waals surface area contributed by atoms with E-state index >= 15 is 0 Å². The average Bonchev–Trinajstić information content (AvgIpc) is 1.65. The Kier molecular flexibility index (Phi) is 21.4. The van der Waals surface area contributed by atoms with Crippen molar-refractivity contribution in [2.24, 2.45) is 0 Å². The van der Waals surface area contributed by atoms with Crippen molar-refractivity contribution < 1.29 is 75.0 Å². The van der Waals surface area contributed by atoms with Gasteiger partial charge in [-0.05, 0) is 141 Å². The number of aromatic amines is 3. The molecular weight excluding hydrogens is 1550 g/mol. The van der Waals surface area contributed by atoms with Gasteiger partial charge in [0.1, 0.15) is 68.5 Å². The Morgan fingerprint density at radius 3 is 1.04 bits per heavy atom. The van der Waals surface area contributed by atoms with Gasteiger partial charge in [-0.15, -0.1) is 0 Å². The highest BCUT2D eigenvalue weighted by Gasteiger charge is 2.31. The highest BCUT2D eigenvalue weighted by atomic mass is 16.5. The summed E-state index contributed by atoms with van der Waals surface area (Å²) in [5.74, 6) is 5.08. The van der Waals surface area contributed by atoms with Crippen molar-refractivity contribution in [1.29, 1.82) is 0 Å². The van der Waals surface area contributed by atoms with Gasteiger partial charge in [-0.2, -0.15) is 29.9 Å². The fraction of sp³-hybridized carbons (Fsp3) is 0.310. The number of hydrogen-bond donors (Lipinski definition) is 9. The van der Waals surface area contributed by atoms with Crippen molar-refractivity contribution >= 4 is 119 Å². The third kappa shape index (κ3) is 17.1. The maximum Gasteiger partial charge on any atom is 0.251 e. The fourth-order valence-electron chi connectivity index (χ4n) is 14.2. The second kappa shape index (κ2) is 33.1. The summed E-state index contributed by atoms with van der Waals surface area (Å²) in [5, 5.41) is 20.8. The van der Waals surface area contributed by atoms with Gasteiger partial charge in [-0.1, -0.05) is 18.2 Å². The van der Waals surface area contributed by atoms with Crippen LogP contribution in [0.15, 0.2) is 141 Å². The van der Waals surface area contributed by atoms with Crippen molar-refractivity contribution in [1.82, 2.24) is 75.8 Å². The number of anilines is 6. The molecule has 4 aliphatic heterocycles. The molecule has 1 aliphatic carbocycles. The van der Waals surface area contributed by atoms with Crippen LogP contribution in [-0.2, 0) is 18.9 Å². The Labute approximate surface area is 690 Å². The molecule has 34 nitrogen and oxygen atoms in total. The zero-order chi connectivity index (χ0) is 83.2. The third-order valence-corrected chi connectivity index (χ3v) is 20.6. The van der Waals surface area contributed by atoms with E-state index in [4.69, 9.17) is 90.5 Å². The number of amides is 3. The molecule has 0 unspecified atom stereocenters. The van der Waals surface area contributed by atoms with E-state index in [2.05, 4.69) is 61.8 Å². The van der Waals surface area contributed by atoms with Gasteiger partial charge < -0.3 is 107 Å². The summed E-state index contributed by atoms with van der Waals surface area (Å²) in [6.45, 7) is 15.8. The molecule has 13 heterocycles. The van der Waals surface area contributed by atoms with Crippen LogP contribution in [0.2, 0.25) is 0 Å². The number of hydrogen-bond acceptors (Lipinski definition) is 28. The number of carbonyl (C=O) groups is 3. The number of aromatic nitrogens is 12. The van der Waals surface area contributed by atoms with Crippen LogP contribution < -0.4 is 60.3 Å². The molecule has 0 bridgehead atoms. The lowest BCUT2D eigenvalue weighted by Gasteiger charge is -2.26. The van der Waals surface area contributed by atoms with E-state index in [9.17, 15) is 14.4 Å². The van der Waals surface area contributed by atoms with E-state index in [1.807, 2.05) is 115 Å². The van der Waals surface area contributed by atoms with E-state index in [1.54, 1.807) is 75.9 Å². The van der Waals surface area contributed by atoms with Gasteiger partial charge >= 0.3 is 0 Å². The largest absolute Gasteiger partial charge is 0.495 e. The number of rotatable bonds is 23. The monoisotopic (exact) mass is 1640 g/mol. The summed E-state index contributed by atoms with van der Waals surface area (Å²) in [4.78, 5) is 89.4. The number of aryl methyl sites for hydroxylation is 3. The predicted octanol–water partition coefficient (Wildman–Crippen LogP) is 14.1. The lowest BCUT2D eigenvalue weighted by Crippen LogP contribution is -2.48. The predicted molar refractivity (Wildman–Crippen MR) is 448 cm³/mol. The molecule has 4 saturated heterocycles. The van der Waals surface area contributed by atoms with Crippen molar-refractivity contribution in [2.75, 3.05) is 90.1 Å². The van der Waals surface area contributed by atoms with E-state index in [0.29, 0.717) is 191 Å². The molecule has 1 saturated carbocycles. The molecule has 34 heteroatoms. The van der Waals surface area contributed by atoms with Crippen molar-refractivity contribution in [3.05, 3.63) is 162 Å². The Hall–Kier alpha value is -14.0. The summed E-state index contributed by atoms with van der Waals surface area (Å²) in [6, 6.07) is 33.3. The van der Waals surface area contributed by atoms with E-state index in [-0.39, 0.29) is 48.1 Å². The zero-order valence-electron chi connectivity index (χ0n) is 67.6. The van der Waals surface area contributed by atoms with Crippen LogP contribution >= 0.6 is 0 Å². The molecular formula is C87H86N18O16. The van der Waals surface area contributed by atoms with Gasteiger partial charge in [0.05, 0.1) is 126 Å². The number of carbonyl (C=O) groups excluding carboxylic acids is 3. The van der Waals surface area contributed by atoms with Gasteiger partial charge in [0.2, 0.25) is 35.5 Å². The summed E-state index contributed by atoms with van der Waals surface area (Å²) in [7, 11) is 4.65. The first-order chi connectivity index (χ1) is 58.7. The highest BCUT2D eigenvalue weighted by Crippen LogP contribution is 2.44. The van der Waals surface area contributed by atoms with Crippen molar-refractivity contribution in [2.45, 2.75) is 103 Å². The summed E-state index contributed by atoms with van der Waals surface area (Å²) in [6.07, 6.45) is 9.27. The second-order valence-electron chi connectivity index (χ2n) is 30.8. The molecule has 0 spiro atoms. The molecule has 620 valence electrons. The molecule has 0 radical (unpaired) electrons. The van der Waals surface area contributed by atoms with Crippen LogP contribution in [0, 0.1) is 20.8 Å². The number of fused-ring (bicyclic) bond motifs is 6. The minimum atomic E-state index is -0.517. The quantitative estimate of drug-likeness (QED) is 0.0287. The van der Waals surface area contributed by atoms with Crippen LogP contribution in [0.5, 0.6) is 34.9 Å². The second-order valence-corrected chi connectivity index (χ2v) is 30.8. The zero-order valence-corrected chi connectivity index (χ0v) is 67.6. The average molecular weight is 1640 g/mol. The maximum atomic E-state index is 12.7. The van der Waals surface area contributed by atoms with E-state index < -0.39 is 5.60 Å². The molecule has 9 aromatic heterocycles. The minimum absolute atomic E-state index is 0.0306. The molecule has 3 amide bonds. The Balaban J connectivity index is 0.000000124. The van der Waals surface area contributed by atoms with Crippen LogP contribution in [0.1, 0.15) is 95.2 Å². The fourth-order valence-corrected chi connectivity index (χ4v) is 14.2. The maximum absolute atomic E-state index is 12.7. The molecule has 20 rings (SSSR count). The normalized spacial score (nSPS) is 15.0. The van der Waals surface area contributed by atoms with Crippen molar-refractivity contribution in [3.8, 4) is 68.3 Å². The first-order valence-electron chi connectivity index (χ1n) is 39.7. The number of nitrogens with zero attached hydrogens (tertiary/aromatic N) is 9. The minimum Gasteiger partial charge on any atom is -0.495 e. The first-order valence-corrected chi connectivity index (χ1v) is 39.7. The topological polar surface area (TPSA) is 418 Å². The van der Waals surface area contributed by atoms with Crippen LogP contribution in [0.3, 0.4) is 0 Å². The SMILES string of the molecule is COc1cc(C(=O)NC2COC2)ccc1Nc1nc(OC(C)(C)C)c2c(-c3ccc4nc(C)oc4c3)c[nH]c2n1.COc1cc(C(=O)NC2COC2)ccc1Nc1nc(OC2CC2)c2c(-c3ccc4nc(C)oc4c3)c[nH]c2n1.COc1cc(C(=O)NC2COC2)ccc1Nc1nc(OC2CCOCC2)c2c(-c3ccc4nc(C)oc4c3)c[nH]c2n1. The van der Waals surface area contributed by atoms with Crippen molar-refractivity contribution in [3.63, 3.8) is 0 Å². The number of nitrogens with one attached hydrogen (secondary N) is 9. The van der Waals surface area contributed by atoms with Gasteiger partial charge in [0, 0.05) is 85.6 Å². The Morgan fingerprint density at radius 2 is 0.727 bits per heavy atom. The number of oxazole rings is 3. The van der Waals surface area contributed by atoms with Gasteiger partial charge in [0.15, 0.2) is 34.4 Å². The number of benzene rings is 6. The first kappa shape index (κ1) is 78.2. The standard InChI is InChI=1S/C30H30N6O6.C29H30N6O5.C28H26N6O5/c1-16-32-23-5-3-17(11-25(23)41-16)21-13-31-27-26(21)29(42-20-7-9-39-10-8-20)36-30(35-27)34-22-6-4-18(12-24(22)38-2)28(37)33-19-14-40-15-19;1-15-31-21-8-6-16(10-23(21)39-15)19-12-30-25-24(19)27(40-29(2,3)4)35-28(34-25)33-20-9-7-17(11-22(20)37-5)26(36)32-18-13-38-14-18;1-14-30-21-7-3-15(9-23(21)38-14)19-11-29-25-24(19)27(39-18-5-6-18)34-28(33-25)32-20-8-4-16(10-22(20)36-2)26(35)31-17-12-37-13-17/h3-6,11-13,19-20H,7-10,14-15H2,1-2H3,(H,33,37)(H2,31,34,35,36);6-12,18H,13-14H2,1-5H3,(H,32,36)(H2,30,33,34,35);3-4,7-11,17-18H,5-6,12-13H2,1-2H3,(H,31,35)(H2,29,32,33,34). The van der Waals surface area contributed by atoms with Crippen LogP contribution in [0.25, 0.3) is 99.8 Å². The Bertz CT molecular complexity index is 6440. The lowest BCUT2D eigenvalue weighted by atomic mass is 10.1. The van der Waals surface area contributed by atoms with Gasteiger partial charge in [-0.25, -0.2) is 15.0 Å². The number of ether oxygens (including phenoxy) is 10. The molecule has 5 fully saturated rings.